The first-order valence-electron chi connectivity index (χ1n) is 4.44. The lowest BCUT2D eigenvalue weighted by atomic mass is 9.89. The summed E-state index contributed by atoms with van der Waals surface area (Å²) in [4.78, 5) is 12.9. The second kappa shape index (κ2) is 3.89. The van der Waals surface area contributed by atoms with Crippen LogP contribution >= 0.6 is 0 Å². The molecule has 0 aliphatic carbocycles. The predicted molar refractivity (Wildman–Crippen MR) is 50.4 cm³/mol. The Labute approximate surface area is 78.0 Å². The minimum Gasteiger partial charge on any atom is -0.480 e. The molecule has 3 N–H and O–H groups in total. The van der Waals surface area contributed by atoms with Crippen molar-refractivity contribution in [3.8, 4) is 0 Å². The number of rotatable bonds is 3. The molecule has 0 atom stereocenters. The summed E-state index contributed by atoms with van der Waals surface area (Å²) >= 11 is 0. The minimum atomic E-state index is -1.00. The summed E-state index contributed by atoms with van der Waals surface area (Å²) in [6.07, 6.45) is 2.87. The third-order valence-electron chi connectivity index (χ3n) is 2.56. The molecule has 0 aromatic rings. The van der Waals surface area contributed by atoms with Crippen molar-refractivity contribution in [3.05, 3.63) is 12.7 Å². The third kappa shape index (κ3) is 2.29. The highest BCUT2D eigenvalue weighted by Crippen LogP contribution is 2.19. The summed E-state index contributed by atoms with van der Waals surface area (Å²) in [6.45, 7) is 5.94. The Balaban J connectivity index is 2.46. The molecule has 0 amide bonds. The van der Waals surface area contributed by atoms with Gasteiger partial charge in [-0.1, -0.05) is 6.08 Å². The molecule has 0 aromatic carbocycles. The fraction of sp³-hybridized carbons (Fsp3) is 0.667. The zero-order valence-corrected chi connectivity index (χ0v) is 7.70. The van der Waals surface area contributed by atoms with Crippen molar-refractivity contribution in [3.63, 3.8) is 0 Å². The van der Waals surface area contributed by atoms with Crippen molar-refractivity contribution in [1.29, 1.82) is 0 Å². The van der Waals surface area contributed by atoms with Gasteiger partial charge in [0.25, 0.3) is 0 Å². The van der Waals surface area contributed by atoms with E-state index in [9.17, 15) is 4.79 Å². The van der Waals surface area contributed by atoms with Crippen molar-refractivity contribution < 1.29 is 9.90 Å². The summed E-state index contributed by atoms with van der Waals surface area (Å²) in [5.41, 5.74) is 4.71. The van der Waals surface area contributed by atoms with Gasteiger partial charge in [0.1, 0.15) is 5.54 Å². The minimum absolute atomic E-state index is 0.524. The van der Waals surface area contributed by atoms with Crippen LogP contribution in [0.3, 0.4) is 0 Å². The van der Waals surface area contributed by atoms with Crippen LogP contribution < -0.4 is 5.73 Å². The van der Waals surface area contributed by atoms with Crippen LogP contribution in [0.25, 0.3) is 0 Å². The number of hydrogen-bond acceptors (Lipinski definition) is 3. The van der Waals surface area contributed by atoms with Gasteiger partial charge in [-0.15, -0.1) is 6.58 Å². The standard InChI is InChI=1S/C9H16N2O2/c1-2-5-11-6-3-9(10,4-7-11)8(12)13/h2H,1,3-7,10H2,(H,12,13). The average molecular weight is 184 g/mol. The molecule has 1 aliphatic heterocycles. The average Bonchev–Trinajstić information content (AvgIpc) is 2.09. The van der Waals surface area contributed by atoms with E-state index in [1.807, 2.05) is 6.08 Å². The first-order valence-corrected chi connectivity index (χ1v) is 4.44. The molecule has 1 rings (SSSR count). The molecule has 0 radical (unpaired) electrons. The molecule has 0 bridgehead atoms. The number of hydrogen-bond donors (Lipinski definition) is 2. The van der Waals surface area contributed by atoms with Gasteiger partial charge < -0.3 is 10.8 Å². The van der Waals surface area contributed by atoms with Crippen LogP contribution in [0.5, 0.6) is 0 Å². The Morgan fingerprint density at radius 2 is 2.15 bits per heavy atom. The quantitative estimate of drug-likeness (QED) is 0.608. The van der Waals surface area contributed by atoms with E-state index in [1.54, 1.807) is 0 Å². The summed E-state index contributed by atoms with van der Waals surface area (Å²) in [7, 11) is 0. The third-order valence-corrected chi connectivity index (χ3v) is 2.56. The van der Waals surface area contributed by atoms with Gasteiger partial charge in [-0.05, 0) is 12.8 Å². The molecule has 1 aliphatic rings. The highest BCUT2D eigenvalue weighted by atomic mass is 16.4. The van der Waals surface area contributed by atoms with Crippen LogP contribution in [-0.4, -0.2) is 41.1 Å². The van der Waals surface area contributed by atoms with Gasteiger partial charge in [0.05, 0.1) is 0 Å². The normalized spacial score (nSPS) is 22.5. The van der Waals surface area contributed by atoms with Gasteiger partial charge in [0.2, 0.25) is 0 Å². The summed E-state index contributed by atoms with van der Waals surface area (Å²) in [5.74, 6) is -0.884. The van der Waals surface area contributed by atoms with Crippen molar-refractivity contribution in [1.82, 2.24) is 4.90 Å². The lowest BCUT2D eigenvalue weighted by Gasteiger charge is -2.35. The van der Waals surface area contributed by atoms with Crippen LogP contribution in [0, 0.1) is 0 Å². The highest BCUT2D eigenvalue weighted by molar-refractivity contribution is 5.78. The largest absolute Gasteiger partial charge is 0.480 e. The Kier molecular flexibility index (Phi) is 3.06. The van der Waals surface area contributed by atoms with E-state index in [1.165, 1.54) is 0 Å². The van der Waals surface area contributed by atoms with Crippen molar-refractivity contribution in [2.45, 2.75) is 18.4 Å². The number of carbonyl (C=O) groups is 1. The fourth-order valence-corrected chi connectivity index (χ4v) is 1.53. The van der Waals surface area contributed by atoms with Crippen molar-refractivity contribution in [2.75, 3.05) is 19.6 Å². The molecule has 4 nitrogen and oxygen atoms in total. The molecule has 0 spiro atoms. The Morgan fingerprint density at radius 3 is 2.54 bits per heavy atom. The Morgan fingerprint density at radius 1 is 1.62 bits per heavy atom. The van der Waals surface area contributed by atoms with Gasteiger partial charge in [-0.25, -0.2) is 0 Å². The van der Waals surface area contributed by atoms with E-state index < -0.39 is 11.5 Å². The molecule has 4 heteroatoms. The summed E-state index contributed by atoms with van der Waals surface area (Å²) in [5, 5.41) is 8.85. The zero-order chi connectivity index (χ0) is 9.90. The maximum Gasteiger partial charge on any atom is 0.323 e. The number of nitrogens with zero attached hydrogens (tertiary/aromatic N) is 1. The Bertz CT molecular complexity index is 208. The van der Waals surface area contributed by atoms with Gasteiger partial charge >= 0.3 is 5.97 Å². The van der Waals surface area contributed by atoms with Crippen LogP contribution in [0.2, 0.25) is 0 Å². The fourth-order valence-electron chi connectivity index (χ4n) is 1.53. The van der Waals surface area contributed by atoms with E-state index in [2.05, 4.69) is 11.5 Å². The van der Waals surface area contributed by atoms with E-state index in [-0.39, 0.29) is 0 Å². The van der Waals surface area contributed by atoms with Crippen molar-refractivity contribution >= 4 is 5.97 Å². The predicted octanol–water partition coefficient (Wildman–Crippen LogP) is 0.0503. The monoisotopic (exact) mass is 184 g/mol. The Hall–Kier alpha value is -0.870. The lowest BCUT2D eigenvalue weighted by Crippen LogP contribution is -2.55. The van der Waals surface area contributed by atoms with Gasteiger partial charge in [-0.2, -0.15) is 0 Å². The second-order valence-electron chi connectivity index (χ2n) is 3.55. The number of likely N-dealkylation sites (tertiary alicyclic amines) is 1. The first-order chi connectivity index (χ1) is 6.08. The van der Waals surface area contributed by atoms with E-state index >= 15 is 0 Å². The number of piperidine rings is 1. The molecule has 74 valence electrons. The van der Waals surface area contributed by atoms with E-state index in [0.29, 0.717) is 12.8 Å². The maximum atomic E-state index is 10.8. The van der Waals surface area contributed by atoms with Gasteiger partial charge in [0.15, 0.2) is 0 Å². The molecular weight excluding hydrogens is 168 g/mol. The number of aliphatic carboxylic acids is 1. The van der Waals surface area contributed by atoms with Gasteiger partial charge in [-0.3, -0.25) is 9.69 Å². The molecule has 1 fully saturated rings. The molecular formula is C9H16N2O2. The van der Waals surface area contributed by atoms with Gasteiger partial charge in [0, 0.05) is 19.6 Å². The molecule has 1 heterocycles. The van der Waals surface area contributed by atoms with E-state index in [4.69, 9.17) is 10.8 Å². The number of carboxylic acids is 1. The molecule has 0 aromatic heterocycles. The highest BCUT2D eigenvalue weighted by Gasteiger charge is 2.37. The topological polar surface area (TPSA) is 66.6 Å². The van der Waals surface area contributed by atoms with Crippen LogP contribution in [0.1, 0.15) is 12.8 Å². The van der Waals surface area contributed by atoms with Crippen LogP contribution in [-0.2, 0) is 4.79 Å². The molecule has 13 heavy (non-hydrogen) atoms. The maximum absolute atomic E-state index is 10.8. The summed E-state index contributed by atoms with van der Waals surface area (Å²) in [6, 6.07) is 0. The van der Waals surface area contributed by atoms with Crippen molar-refractivity contribution in [2.24, 2.45) is 5.73 Å². The summed E-state index contributed by atoms with van der Waals surface area (Å²) < 4.78 is 0. The molecule has 0 unspecified atom stereocenters. The number of nitrogens with two attached hydrogens (primary N) is 1. The lowest BCUT2D eigenvalue weighted by molar-refractivity contribution is -0.145. The van der Waals surface area contributed by atoms with Crippen LogP contribution in [0.4, 0.5) is 0 Å². The SMILES string of the molecule is C=CCN1CCC(N)(C(=O)O)CC1. The van der Waals surface area contributed by atoms with Crippen LogP contribution in [0.15, 0.2) is 12.7 Å². The molecule has 0 saturated carbocycles. The van der Waals surface area contributed by atoms with E-state index in [0.717, 1.165) is 19.6 Å². The zero-order valence-electron chi connectivity index (χ0n) is 7.70. The first kappa shape index (κ1) is 10.2. The molecule has 1 saturated heterocycles. The number of carboxylic acid groups (broad SMARTS) is 1. The smallest absolute Gasteiger partial charge is 0.323 e. The second-order valence-corrected chi connectivity index (χ2v) is 3.55.